The highest BCUT2D eigenvalue weighted by atomic mass is 19.4. The van der Waals surface area contributed by atoms with Gasteiger partial charge in [-0.15, -0.1) is 26.3 Å². The van der Waals surface area contributed by atoms with E-state index in [1.165, 1.54) is 66.7 Å². The van der Waals surface area contributed by atoms with Crippen molar-refractivity contribution in [3.8, 4) is 56.8 Å². The number of nitrogens with zero attached hydrogens (tertiary/aromatic N) is 1. The molecule has 24 heteroatoms. The Kier molecular flexibility index (Phi) is 15.1. The Balaban J connectivity index is 0.000000213. The molecule has 0 fully saturated rings. The SMILES string of the molecule is COC(=O)N1c2cccc(-c3cccc(OC(F)(F)F)c3)c2OCC1c1cccc(OC(F)(F)C(F)F)c1.FC(F)C(F)(F)Oc1cccc(C2COc3c(cccc3-c3cccc(OC(F)(F)F)c3)N2)c1. The van der Waals surface area contributed by atoms with Gasteiger partial charge in [-0.05, 0) is 82.9 Å². The number of carbonyl (C=O) groups is 1. The highest BCUT2D eigenvalue weighted by Gasteiger charge is 2.45. The molecule has 0 aliphatic carbocycles. The maximum absolute atomic E-state index is 13.4. The topological polar surface area (TPSA) is 97.0 Å². The van der Waals surface area contributed by atoms with Crippen molar-refractivity contribution in [3.05, 3.63) is 145 Å². The van der Waals surface area contributed by atoms with Crippen molar-refractivity contribution in [2.24, 2.45) is 0 Å². The standard InChI is InChI=1S/C25H18F7NO5.C23H16F7NO3/c1-35-23(34)33-19-10-4-9-18(14-5-2-8-17(11-14)38-25(30,31)32)21(19)36-13-20(33)15-6-3-7-16(12-15)37-24(28,29)22(26)27;24-21(25)22(26,27)33-15-6-2-5-14(11-15)19-12-32-20-17(8-3-9-18(20)31-19)13-4-1-7-16(10-13)34-23(28,29)30/h2-12,20,22H,13H2,1H3;1-11,19,21,31H,12H2. The number of alkyl halides is 14. The van der Waals surface area contributed by atoms with Crippen LogP contribution in [0.25, 0.3) is 22.3 Å². The highest BCUT2D eigenvalue weighted by Crippen LogP contribution is 2.47. The molecule has 0 aromatic heterocycles. The van der Waals surface area contributed by atoms with Gasteiger partial charge in [-0.25, -0.2) is 4.79 Å². The van der Waals surface area contributed by atoms with Crippen LogP contribution in [0.3, 0.4) is 0 Å². The summed E-state index contributed by atoms with van der Waals surface area (Å²) in [5, 5.41) is 3.16. The monoisotopic (exact) mass is 1030 g/mol. The molecule has 0 saturated carbocycles. The van der Waals surface area contributed by atoms with Crippen LogP contribution in [0.1, 0.15) is 23.2 Å². The zero-order chi connectivity index (χ0) is 52.2. The van der Waals surface area contributed by atoms with Crippen LogP contribution in [0, 0.1) is 0 Å². The summed E-state index contributed by atoms with van der Waals surface area (Å²) in [4.78, 5) is 14.0. The van der Waals surface area contributed by atoms with Gasteiger partial charge in [0.25, 0.3) is 0 Å². The van der Waals surface area contributed by atoms with Gasteiger partial charge in [-0.2, -0.15) is 35.1 Å². The van der Waals surface area contributed by atoms with Gasteiger partial charge in [0.15, 0.2) is 5.75 Å². The Morgan fingerprint density at radius 1 is 0.556 bits per heavy atom. The fourth-order valence-corrected chi connectivity index (χ4v) is 7.38. The molecule has 2 heterocycles. The van der Waals surface area contributed by atoms with Gasteiger partial charge in [-0.3, -0.25) is 4.90 Å². The van der Waals surface area contributed by atoms with Crippen molar-refractivity contribution in [1.29, 1.82) is 0 Å². The summed E-state index contributed by atoms with van der Waals surface area (Å²) in [7, 11) is 1.11. The second-order valence-electron chi connectivity index (χ2n) is 15.2. The largest absolute Gasteiger partial charge is 0.573 e. The molecule has 0 bridgehead atoms. The molecular formula is C48H34F14N2O8. The van der Waals surface area contributed by atoms with E-state index >= 15 is 0 Å². The van der Waals surface area contributed by atoms with Gasteiger partial charge < -0.3 is 38.5 Å². The zero-order valence-corrected chi connectivity index (χ0v) is 36.4. The lowest BCUT2D eigenvalue weighted by molar-refractivity contribution is -0.275. The lowest BCUT2D eigenvalue weighted by Crippen LogP contribution is -2.41. The Morgan fingerprint density at radius 2 is 1.00 bits per heavy atom. The van der Waals surface area contributed by atoms with Crippen molar-refractivity contribution in [1.82, 2.24) is 0 Å². The molecule has 2 aliphatic rings. The van der Waals surface area contributed by atoms with Crippen molar-refractivity contribution in [2.45, 2.75) is 49.9 Å². The number of para-hydroxylation sites is 2. The van der Waals surface area contributed by atoms with Crippen molar-refractivity contribution < 1.29 is 99.4 Å². The minimum absolute atomic E-state index is 0.0252. The van der Waals surface area contributed by atoms with E-state index in [9.17, 15) is 66.3 Å². The summed E-state index contributed by atoms with van der Waals surface area (Å²) < 4.78 is 212. The minimum Gasteiger partial charge on any atom is -0.488 e. The number of benzene rings is 6. The molecule has 0 saturated heterocycles. The second-order valence-corrected chi connectivity index (χ2v) is 15.2. The molecule has 1 amide bonds. The summed E-state index contributed by atoms with van der Waals surface area (Å²) in [6.45, 7) is -0.218. The van der Waals surface area contributed by atoms with Crippen LogP contribution in [0.5, 0.6) is 34.5 Å². The normalized spacial score (nSPS) is 15.7. The quantitative estimate of drug-likeness (QED) is 0.120. The molecule has 2 unspecified atom stereocenters. The first-order valence-electron chi connectivity index (χ1n) is 20.7. The molecular weight excluding hydrogens is 999 g/mol. The maximum Gasteiger partial charge on any atom is 0.573 e. The predicted molar refractivity (Wildman–Crippen MR) is 228 cm³/mol. The summed E-state index contributed by atoms with van der Waals surface area (Å²) in [6, 6.07) is 28.7. The second kappa shape index (κ2) is 20.9. The van der Waals surface area contributed by atoms with E-state index < -0.39 is 73.2 Å². The van der Waals surface area contributed by atoms with Gasteiger partial charge in [0.1, 0.15) is 42.0 Å². The Morgan fingerprint density at radius 3 is 1.51 bits per heavy atom. The molecule has 10 nitrogen and oxygen atoms in total. The fraction of sp³-hybridized carbons (Fsp3) is 0.229. The average molecular weight is 1030 g/mol. The number of amides is 1. The van der Waals surface area contributed by atoms with E-state index in [0.717, 1.165) is 42.3 Å². The molecule has 6 aromatic rings. The average Bonchev–Trinajstić information content (AvgIpc) is 3.32. The predicted octanol–water partition coefficient (Wildman–Crippen LogP) is 14.2. The van der Waals surface area contributed by atoms with Crippen LogP contribution in [0.2, 0.25) is 0 Å². The Labute approximate surface area is 398 Å². The molecule has 8 rings (SSSR count). The van der Waals surface area contributed by atoms with E-state index in [4.69, 9.17) is 14.2 Å². The van der Waals surface area contributed by atoms with E-state index in [2.05, 4.69) is 24.3 Å². The molecule has 1 N–H and O–H groups in total. The van der Waals surface area contributed by atoms with E-state index in [-0.39, 0.29) is 41.5 Å². The molecule has 2 atom stereocenters. The van der Waals surface area contributed by atoms with Crippen molar-refractivity contribution >= 4 is 17.5 Å². The van der Waals surface area contributed by atoms with E-state index in [1.807, 2.05) is 0 Å². The minimum atomic E-state index is -4.91. The molecule has 0 radical (unpaired) electrons. The highest BCUT2D eigenvalue weighted by molar-refractivity contribution is 5.94. The third kappa shape index (κ3) is 12.6. The van der Waals surface area contributed by atoms with E-state index in [0.29, 0.717) is 33.7 Å². The number of halogens is 14. The molecule has 2 aliphatic heterocycles. The molecule has 6 aromatic carbocycles. The first-order chi connectivity index (χ1) is 33.9. The lowest BCUT2D eigenvalue weighted by atomic mass is 9.99. The number of fused-ring (bicyclic) bond motifs is 2. The van der Waals surface area contributed by atoms with Crippen LogP contribution in [0.15, 0.2) is 133 Å². The number of rotatable bonds is 12. The number of nitrogens with one attached hydrogen (secondary N) is 1. The van der Waals surface area contributed by atoms with Crippen LogP contribution in [-0.2, 0) is 4.74 Å². The number of carbonyl (C=O) groups excluding carboxylic acids is 1. The first kappa shape index (κ1) is 52.0. The van der Waals surface area contributed by atoms with E-state index in [1.54, 1.807) is 36.4 Å². The molecule has 72 heavy (non-hydrogen) atoms. The van der Waals surface area contributed by atoms with Gasteiger partial charge in [-0.1, -0.05) is 72.8 Å². The number of anilines is 2. The van der Waals surface area contributed by atoms with Crippen molar-refractivity contribution in [3.63, 3.8) is 0 Å². The summed E-state index contributed by atoms with van der Waals surface area (Å²) >= 11 is 0. The third-order valence-corrected chi connectivity index (χ3v) is 10.3. The third-order valence-electron chi connectivity index (χ3n) is 10.3. The van der Waals surface area contributed by atoms with Gasteiger partial charge in [0.05, 0.1) is 30.6 Å². The lowest BCUT2D eigenvalue weighted by Gasteiger charge is -2.37. The number of hydrogen-bond acceptors (Lipinski definition) is 9. The molecule has 0 spiro atoms. The number of methoxy groups -OCH3 is 1. The summed E-state index contributed by atoms with van der Waals surface area (Å²) in [5.41, 5.74) is 2.85. The maximum atomic E-state index is 13.4. The zero-order valence-electron chi connectivity index (χ0n) is 36.4. The Bertz CT molecular complexity index is 2870. The molecule has 382 valence electrons. The summed E-state index contributed by atoms with van der Waals surface area (Å²) in [5.74, 6) is -1.36. The van der Waals surface area contributed by atoms with Crippen LogP contribution < -0.4 is 38.6 Å². The van der Waals surface area contributed by atoms with Gasteiger partial charge in [0, 0.05) is 11.1 Å². The van der Waals surface area contributed by atoms with Gasteiger partial charge >= 0.3 is 43.9 Å². The summed E-state index contributed by atoms with van der Waals surface area (Å²) in [6.07, 6.45) is -28.0. The van der Waals surface area contributed by atoms with Gasteiger partial charge in [0.2, 0.25) is 0 Å². The van der Waals surface area contributed by atoms with Crippen LogP contribution in [0.4, 0.5) is 77.6 Å². The Hall–Kier alpha value is -7.79. The first-order valence-corrected chi connectivity index (χ1v) is 20.7. The smallest absolute Gasteiger partial charge is 0.488 e. The van der Waals surface area contributed by atoms with Crippen LogP contribution >= 0.6 is 0 Å². The van der Waals surface area contributed by atoms with Crippen molar-refractivity contribution in [2.75, 3.05) is 30.5 Å². The number of hydrogen-bond donors (Lipinski definition) is 1. The van der Waals surface area contributed by atoms with Crippen LogP contribution in [-0.4, -0.2) is 64.2 Å². The fourth-order valence-electron chi connectivity index (χ4n) is 7.38. The number of ether oxygens (including phenoxy) is 7.